The molecule has 0 saturated heterocycles. The number of amides is 1. The predicted octanol–water partition coefficient (Wildman–Crippen LogP) is 1.57. The molecule has 0 bridgehead atoms. The van der Waals surface area contributed by atoms with Crippen LogP contribution >= 0.6 is 0 Å². The van der Waals surface area contributed by atoms with Crippen LogP contribution in [0.2, 0.25) is 0 Å². The Morgan fingerprint density at radius 2 is 2.19 bits per heavy atom. The number of carbonyl (C=O) groups excluding carboxylic acids is 1. The zero-order valence-electron chi connectivity index (χ0n) is 12.1. The van der Waals surface area contributed by atoms with E-state index in [1.54, 1.807) is 30.3 Å². The minimum atomic E-state index is -0.164. The average Bonchev–Trinajstić information content (AvgIpc) is 2.90. The second-order valence-electron chi connectivity index (χ2n) is 4.61. The van der Waals surface area contributed by atoms with Gasteiger partial charge in [-0.3, -0.25) is 4.79 Å². The van der Waals surface area contributed by atoms with Gasteiger partial charge in [0.15, 0.2) is 0 Å². The molecule has 5 nitrogen and oxygen atoms in total. The number of nitrogens with zero attached hydrogens (tertiary/aromatic N) is 2. The number of furan rings is 1. The summed E-state index contributed by atoms with van der Waals surface area (Å²) in [5.74, 6) is 7.01. The van der Waals surface area contributed by atoms with E-state index in [9.17, 15) is 4.79 Å². The van der Waals surface area contributed by atoms with Crippen molar-refractivity contribution < 1.29 is 9.21 Å². The van der Waals surface area contributed by atoms with Crippen LogP contribution in [0.4, 0.5) is 0 Å². The summed E-state index contributed by atoms with van der Waals surface area (Å²) in [6, 6.07) is 7.15. The zero-order chi connectivity index (χ0) is 15.2. The number of carbonyl (C=O) groups is 1. The molecule has 0 unspecified atom stereocenters. The highest BCUT2D eigenvalue weighted by atomic mass is 16.3. The lowest BCUT2D eigenvalue weighted by molar-refractivity contribution is 0.0769. The Morgan fingerprint density at radius 1 is 1.38 bits per heavy atom. The SMILES string of the molecule is Cc1ccc(CN(C)C(=O)c2ccc(C#CCN)cn2)o1. The second kappa shape index (κ2) is 6.73. The smallest absolute Gasteiger partial charge is 0.272 e. The highest BCUT2D eigenvalue weighted by Gasteiger charge is 2.14. The molecule has 0 spiro atoms. The van der Waals surface area contributed by atoms with Gasteiger partial charge in [0, 0.05) is 18.8 Å². The van der Waals surface area contributed by atoms with E-state index in [0.717, 1.165) is 17.1 Å². The number of aryl methyl sites for hydroxylation is 1. The summed E-state index contributed by atoms with van der Waals surface area (Å²) in [4.78, 5) is 17.9. The molecule has 2 N–H and O–H groups in total. The molecular weight excluding hydrogens is 266 g/mol. The van der Waals surface area contributed by atoms with Gasteiger partial charge in [0.1, 0.15) is 17.2 Å². The highest BCUT2D eigenvalue weighted by molar-refractivity contribution is 5.92. The molecule has 2 aromatic heterocycles. The third-order valence-corrected chi connectivity index (χ3v) is 2.85. The summed E-state index contributed by atoms with van der Waals surface area (Å²) in [5, 5.41) is 0. The van der Waals surface area contributed by atoms with Crippen molar-refractivity contribution in [3.05, 3.63) is 53.2 Å². The molecule has 0 atom stereocenters. The van der Waals surface area contributed by atoms with Crippen LogP contribution in [-0.2, 0) is 6.54 Å². The normalized spacial score (nSPS) is 9.86. The Morgan fingerprint density at radius 3 is 2.76 bits per heavy atom. The van der Waals surface area contributed by atoms with E-state index in [4.69, 9.17) is 10.2 Å². The summed E-state index contributed by atoms with van der Waals surface area (Å²) in [7, 11) is 1.71. The summed E-state index contributed by atoms with van der Waals surface area (Å²) in [5.41, 5.74) is 6.42. The average molecular weight is 283 g/mol. The van der Waals surface area contributed by atoms with Gasteiger partial charge in [-0.2, -0.15) is 0 Å². The summed E-state index contributed by atoms with van der Waals surface area (Å²) in [6.07, 6.45) is 1.57. The van der Waals surface area contributed by atoms with Crippen molar-refractivity contribution in [3.63, 3.8) is 0 Å². The first-order valence-corrected chi connectivity index (χ1v) is 6.56. The van der Waals surface area contributed by atoms with Crippen molar-refractivity contribution in [3.8, 4) is 11.8 Å². The van der Waals surface area contributed by atoms with Gasteiger partial charge in [0.2, 0.25) is 0 Å². The van der Waals surface area contributed by atoms with Crippen LogP contribution in [0, 0.1) is 18.8 Å². The maximum atomic E-state index is 12.2. The first kappa shape index (κ1) is 14.8. The predicted molar refractivity (Wildman–Crippen MR) is 79.4 cm³/mol. The van der Waals surface area contributed by atoms with Crippen LogP contribution in [0.3, 0.4) is 0 Å². The van der Waals surface area contributed by atoms with Gasteiger partial charge in [-0.1, -0.05) is 11.8 Å². The van der Waals surface area contributed by atoms with Crippen LogP contribution in [-0.4, -0.2) is 29.4 Å². The molecule has 0 aliphatic carbocycles. The molecular formula is C16H17N3O2. The Kier molecular flexibility index (Phi) is 4.75. The summed E-state index contributed by atoms with van der Waals surface area (Å²) < 4.78 is 5.46. The molecule has 2 aromatic rings. The molecule has 21 heavy (non-hydrogen) atoms. The van der Waals surface area contributed by atoms with Gasteiger partial charge in [0.25, 0.3) is 5.91 Å². The monoisotopic (exact) mass is 283 g/mol. The van der Waals surface area contributed by atoms with Crippen molar-refractivity contribution in [1.29, 1.82) is 0 Å². The van der Waals surface area contributed by atoms with E-state index in [1.807, 2.05) is 19.1 Å². The number of rotatable bonds is 3. The third-order valence-electron chi connectivity index (χ3n) is 2.85. The van der Waals surface area contributed by atoms with Crippen molar-refractivity contribution in [1.82, 2.24) is 9.88 Å². The third kappa shape index (κ3) is 3.94. The van der Waals surface area contributed by atoms with Crippen LogP contribution in [0.25, 0.3) is 0 Å². The fourth-order valence-electron chi connectivity index (χ4n) is 1.82. The zero-order valence-corrected chi connectivity index (χ0v) is 12.1. The molecule has 0 saturated carbocycles. The molecule has 0 aliphatic heterocycles. The topological polar surface area (TPSA) is 72.4 Å². The van der Waals surface area contributed by atoms with Gasteiger partial charge in [0.05, 0.1) is 13.1 Å². The molecule has 0 aliphatic rings. The lowest BCUT2D eigenvalue weighted by Crippen LogP contribution is -2.26. The van der Waals surface area contributed by atoms with Gasteiger partial charge in [-0.25, -0.2) is 4.98 Å². The summed E-state index contributed by atoms with van der Waals surface area (Å²) >= 11 is 0. The minimum absolute atomic E-state index is 0.164. The van der Waals surface area contributed by atoms with Crippen LogP contribution in [0.5, 0.6) is 0 Å². The number of hydrogen-bond acceptors (Lipinski definition) is 4. The minimum Gasteiger partial charge on any atom is -0.464 e. The molecule has 2 heterocycles. The van der Waals surface area contributed by atoms with Gasteiger partial charge in [-0.05, 0) is 31.2 Å². The molecule has 1 amide bonds. The molecule has 2 rings (SSSR count). The fourth-order valence-corrected chi connectivity index (χ4v) is 1.82. The first-order valence-electron chi connectivity index (χ1n) is 6.56. The number of hydrogen-bond donors (Lipinski definition) is 1. The number of aromatic nitrogens is 1. The van der Waals surface area contributed by atoms with Crippen molar-refractivity contribution >= 4 is 5.91 Å². The van der Waals surface area contributed by atoms with Gasteiger partial charge < -0.3 is 15.1 Å². The fraction of sp³-hybridized carbons (Fsp3) is 0.250. The van der Waals surface area contributed by atoms with E-state index in [0.29, 0.717) is 18.8 Å². The van der Waals surface area contributed by atoms with E-state index in [2.05, 4.69) is 16.8 Å². The number of nitrogens with two attached hydrogens (primary N) is 1. The Balaban J connectivity index is 2.05. The van der Waals surface area contributed by atoms with E-state index >= 15 is 0 Å². The Hall–Kier alpha value is -2.58. The molecule has 5 heteroatoms. The quantitative estimate of drug-likeness (QED) is 0.868. The van der Waals surface area contributed by atoms with Crippen LogP contribution < -0.4 is 5.73 Å². The lowest BCUT2D eigenvalue weighted by Gasteiger charge is -2.15. The Bertz CT molecular complexity index is 678. The first-order chi connectivity index (χ1) is 10.1. The number of pyridine rings is 1. The van der Waals surface area contributed by atoms with Crippen molar-refractivity contribution in [2.75, 3.05) is 13.6 Å². The second-order valence-corrected chi connectivity index (χ2v) is 4.61. The van der Waals surface area contributed by atoms with Gasteiger partial charge >= 0.3 is 0 Å². The maximum absolute atomic E-state index is 12.2. The molecule has 108 valence electrons. The molecule has 0 aromatic carbocycles. The van der Waals surface area contributed by atoms with E-state index in [-0.39, 0.29) is 5.91 Å². The Labute approximate surface area is 123 Å². The van der Waals surface area contributed by atoms with E-state index in [1.165, 1.54) is 0 Å². The largest absolute Gasteiger partial charge is 0.464 e. The molecule has 0 fully saturated rings. The maximum Gasteiger partial charge on any atom is 0.272 e. The van der Waals surface area contributed by atoms with Gasteiger partial charge in [-0.15, -0.1) is 0 Å². The van der Waals surface area contributed by atoms with Crippen molar-refractivity contribution in [2.45, 2.75) is 13.5 Å². The molecule has 0 radical (unpaired) electrons. The standard InChI is InChI=1S/C16H17N3O2/c1-12-5-7-14(21-12)11-19(2)16(20)15-8-6-13(10-18-15)4-3-9-17/h5-8,10H,9,11,17H2,1-2H3. The van der Waals surface area contributed by atoms with Crippen LogP contribution in [0.15, 0.2) is 34.9 Å². The highest BCUT2D eigenvalue weighted by Crippen LogP contribution is 2.10. The lowest BCUT2D eigenvalue weighted by atomic mass is 10.2. The summed E-state index contributed by atoms with van der Waals surface area (Å²) in [6.45, 7) is 2.57. The van der Waals surface area contributed by atoms with Crippen LogP contribution in [0.1, 0.15) is 27.6 Å². The van der Waals surface area contributed by atoms with E-state index < -0.39 is 0 Å². The van der Waals surface area contributed by atoms with Crippen molar-refractivity contribution in [2.24, 2.45) is 5.73 Å².